The van der Waals surface area contributed by atoms with Gasteiger partial charge in [0.2, 0.25) is 0 Å². The number of hydroxylamine groups is 2. The van der Waals surface area contributed by atoms with E-state index in [1.54, 1.807) is 0 Å². The zero-order valence-electron chi connectivity index (χ0n) is 13.3. The van der Waals surface area contributed by atoms with Crippen LogP contribution >= 0.6 is 0 Å². The first-order chi connectivity index (χ1) is 10.2. The van der Waals surface area contributed by atoms with Crippen LogP contribution in [0.15, 0.2) is 53.9 Å². The van der Waals surface area contributed by atoms with Crippen LogP contribution in [0.3, 0.4) is 0 Å². The molecule has 1 rings (SSSR count). The van der Waals surface area contributed by atoms with Crippen LogP contribution in [0.25, 0.3) is 0 Å². The maximum Gasteiger partial charge on any atom is 0.406 e. The number of hydrogen-bond donors (Lipinski definition) is 2. The lowest BCUT2D eigenvalue weighted by atomic mass is 10.4. The summed E-state index contributed by atoms with van der Waals surface area (Å²) in [5, 5.41) is 1.08. The Labute approximate surface area is 129 Å². The van der Waals surface area contributed by atoms with E-state index in [9.17, 15) is 0 Å². The molecule has 1 aromatic rings. The lowest BCUT2D eigenvalue weighted by Crippen LogP contribution is -2.44. The third kappa shape index (κ3) is 7.13. The minimum atomic E-state index is -2.06. The van der Waals surface area contributed by atoms with Gasteiger partial charge in [0.25, 0.3) is 0 Å². The van der Waals surface area contributed by atoms with Crippen LogP contribution < -0.4 is 16.1 Å². The molecule has 0 saturated heterocycles. The second-order valence-corrected chi connectivity index (χ2v) is 6.58. The largest absolute Gasteiger partial charge is 0.406 e. The van der Waals surface area contributed by atoms with E-state index in [-0.39, 0.29) is 0 Å². The van der Waals surface area contributed by atoms with E-state index in [0.717, 1.165) is 29.4 Å². The van der Waals surface area contributed by atoms with Crippen LogP contribution in [0.4, 0.5) is 0 Å². The van der Waals surface area contributed by atoms with E-state index in [1.807, 2.05) is 44.2 Å². The molecule has 0 heterocycles. The Morgan fingerprint density at radius 3 is 1.86 bits per heavy atom. The van der Waals surface area contributed by atoms with Crippen molar-refractivity contribution in [3.63, 3.8) is 0 Å². The van der Waals surface area contributed by atoms with Crippen LogP contribution in [0.2, 0.25) is 0 Å². The molecule has 0 aliphatic heterocycles. The fourth-order valence-corrected chi connectivity index (χ4v) is 3.20. The third-order valence-electron chi connectivity index (χ3n) is 2.75. The SMILES string of the molecule is CCC=C(C)NO[SiH](ONC(C)=CCC)c1ccccc1. The molecule has 1 aromatic carbocycles. The molecule has 0 aromatic heterocycles. The molecule has 0 bridgehead atoms. The molecular formula is C16H26N2O2Si. The Balaban J connectivity index is 2.67. The average Bonchev–Trinajstić information content (AvgIpc) is 2.49. The van der Waals surface area contributed by atoms with Gasteiger partial charge in [0, 0.05) is 11.4 Å². The van der Waals surface area contributed by atoms with Crippen molar-refractivity contribution in [2.45, 2.75) is 40.5 Å². The summed E-state index contributed by atoms with van der Waals surface area (Å²) in [6.07, 6.45) is 6.09. The summed E-state index contributed by atoms with van der Waals surface area (Å²) in [5.74, 6) is 0. The maximum absolute atomic E-state index is 5.78. The summed E-state index contributed by atoms with van der Waals surface area (Å²) in [6, 6.07) is 10.0. The molecule has 0 saturated carbocycles. The van der Waals surface area contributed by atoms with E-state index in [1.165, 1.54) is 0 Å². The molecule has 0 aliphatic carbocycles. The zero-order valence-corrected chi connectivity index (χ0v) is 14.5. The van der Waals surface area contributed by atoms with Crippen molar-refractivity contribution in [1.82, 2.24) is 11.0 Å². The molecule has 0 atom stereocenters. The van der Waals surface area contributed by atoms with Gasteiger partial charge in [-0.15, -0.1) is 0 Å². The Morgan fingerprint density at radius 2 is 1.43 bits per heavy atom. The molecular weight excluding hydrogens is 280 g/mol. The molecule has 0 fully saturated rings. The van der Waals surface area contributed by atoms with Crippen molar-refractivity contribution >= 4 is 14.5 Å². The van der Waals surface area contributed by atoms with E-state index in [4.69, 9.17) is 9.05 Å². The summed E-state index contributed by atoms with van der Waals surface area (Å²) < 4.78 is 11.6. The second kappa shape index (κ2) is 10.2. The molecule has 0 spiro atoms. The lowest BCUT2D eigenvalue weighted by molar-refractivity contribution is 0.122. The average molecular weight is 306 g/mol. The van der Waals surface area contributed by atoms with E-state index >= 15 is 0 Å². The highest BCUT2D eigenvalue weighted by Crippen LogP contribution is 1.97. The Hall–Kier alpha value is -1.56. The third-order valence-corrected chi connectivity index (χ3v) is 4.34. The van der Waals surface area contributed by atoms with Crippen molar-refractivity contribution in [2.24, 2.45) is 0 Å². The fraction of sp³-hybridized carbons (Fsp3) is 0.375. The molecule has 116 valence electrons. The first-order valence-corrected chi connectivity index (χ1v) is 8.91. The van der Waals surface area contributed by atoms with E-state index in [2.05, 4.69) is 37.0 Å². The van der Waals surface area contributed by atoms with Gasteiger partial charge in [0.1, 0.15) is 0 Å². The minimum Gasteiger partial charge on any atom is -0.284 e. The lowest BCUT2D eigenvalue weighted by Gasteiger charge is -2.18. The van der Waals surface area contributed by atoms with Gasteiger partial charge in [0.05, 0.1) is 0 Å². The summed E-state index contributed by atoms with van der Waals surface area (Å²) in [7, 11) is -2.06. The van der Waals surface area contributed by atoms with Crippen LogP contribution in [0.1, 0.15) is 40.5 Å². The van der Waals surface area contributed by atoms with Crippen molar-refractivity contribution < 1.29 is 9.05 Å². The summed E-state index contributed by atoms with van der Waals surface area (Å²) in [5.41, 5.74) is 7.94. The maximum atomic E-state index is 5.78. The van der Waals surface area contributed by atoms with Gasteiger partial charge in [-0.25, -0.2) is 0 Å². The molecule has 0 amide bonds. The number of rotatable bonds is 9. The van der Waals surface area contributed by atoms with Gasteiger partial charge >= 0.3 is 9.28 Å². The minimum absolute atomic E-state index is 0.969. The molecule has 0 radical (unpaired) electrons. The zero-order chi connectivity index (χ0) is 15.5. The number of allylic oxidation sites excluding steroid dienone is 4. The quantitative estimate of drug-likeness (QED) is 0.544. The normalized spacial score (nSPS) is 13.9. The second-order valence-electron chi connectivity index (χ2n) is 4.77. The standard InChI is InChI=1S/C16H26N2O2Si/c1-5-10-14(3)17-19-21(16-12-8-7-9-13-16)20-18-15(4)11-6-2/h7-13,17-18,21H,5-6H2,1-4H3. The van der Waals surface area contributed by atoms with Gasteiger partial charge in [-0.2, -0.15) is 0 Å². The van der Waals surface area contributed by atoms with Gasteiger partial charge in [-0.05, 0) is 31.9 Å². The first kappa shape index (κ1) is 17.5. The predicted molar refractivity (Wildman–Crippen MR) is 89.8 cm³/mol. The van der Waals surface area contributed by atoms with Crippen LogP contribution in [0.5, 0.6) is 0 Å². The van der Waals surface area contributed by atoms with Crippen molar-refractivity contribution in [1.29, 1.82) is 0 Å². The smallest absolute Gasteiger partial charge is 0.284 e. The molecule has 4 nitrogen and oxygen atoms in total. The van der Waals surface area contributed by atoms with Crippen molar-refractivity contribution in [3.8, 4) is 0 Å². The van der Waals surface area contributed by atoms with Crippen molar-refractivity contribution in [2.75, 3.05) is 0 Å². The highest BCUT2D eigenvalue weighted by atomic mass is 28.3. The van der Waals surface area contributed by atoms with Crippen LogP contribution in [-0.2, 0) is 9.05 Å². The fourth-order valence-electron chi connectivity index (χ4n) is 1.76. The Bertz CT molecular complexity index is 437. The van der Waals surface area contributed by atoms with Crippen molar-refractivity contribution in [3.05, 3.63) is 53.9 Å². The van der Waals surface area contributed by atoms with Crippen LogP contribution in [0, 0.1) is 0 Å². The monoisotopic (exact) mass is 306 g/mol. The molecule has 21 heavy (non-hydrogen) atoms. The Morgan fingerprint density at radius 1 is 0.952 bits per heavy atom. The summed E-state index contributed by atoms with van der Waals surface area (Å²) >= 11 is 0. The topological polar surface area (TPSA) is 42.5 Å². The molecule has 5 heteroatoms. The number of hydrogen-bond acceptors (Lipinski definition) is 4. The number of nitrogens with one attached hydrogen (secondary N) is 2. The molecule has 0 aliphatic rings. The van der Waals surface area contributed by atoms with E-state index < -0.39 is 9.28 Å². The van der Waals surface area contributed by atoms with Gasteiger partial charge < -0.3 is 0 Å². The predicted octanol–water partition coefficient (Wildman–Crippen LogP) is 2.78. The summed E-state index contributed by atoms with van der Waals surface area (Å²) in [4.78, 5) is 0. The number of benzene rings is 1. The Kier molecular flexibility index (Phi) is 8.50. The van der Waals surface area contributed by atoms with Crippen LogP contribution in [-0.4, -0.2) is 9.28 Å². The first-order valence-electron chi connectivity index (χ1n) is 7.39. The highest BCUT2D eigenvalue weighted by Gasteiger charge is 2.18. The molecule has 0 unspecified atom stereocenters. The molecule has 2 N–H and O–H groups in total. The summed E-state index contributed by atoms with van der Waals surface area (Å²) in [6.45, 7) is 8.15. The highest BCUT2D eigenvalue weighted by molar-refractivity contribution is 6.61. The van der Waals surface area contributed by atoms with Gasteiger partial charge in [-0.3, -0.25) is 20.0 Å². The van der Waals surface area contributed by atoms with Gasteiger partial charge in [-0.1, -0.05) is 56.3 Å². The van der Waals surface area contributed by atoms with E-state index in [0.29, 0.717) is 0 Å². The van der Waals surface area contributed by atoms with Gasteiger partial charge in [0.15, 0.2) is 0 Å².